The van der Waals surface area contributed by atoms with E-state index in [0.717, 1.165) is 4.88 Å². The number of hydrogen-bond acceptors (Lipinski definition) is 6. The molecule has 0 aromatic carbocycles. The summed E-state index contributed by atoms with van der Waals surface area (Å²) in [6.45, 7) is 0.201. The smallest absolute Gasteiger partial charge is 0.266 e. The molecule has 110 valence electrons. The first-order valence-corrected chi connectivity index (χ1v) is 8.22. The zero-order valence-corrected chi connectivity index (χ0v) is 12.9. The van der Waals surface area contributed by atoms with Crippen LogP contribution in [-0.4, -0.2) is 29.0 Å². The van der Waals surface area contributed by atoms with Crippen LogP contribution in [-0.2, 0) is 4.79 Å². The fourth-order valence-corrected chi connectivity index (χ4v) is 3.68. The Morgan fingerprint density at radius 3 is 2.95 bits per heavy atom. The van der Waals surface area contributed by atoms with Crippen molar-refractivity contribution in [2.45, 2.75) is 5.03 Å². The van der Waals surface area contributed by atoms with E-state index in [0.29, 0.717) is 27.7 Å². The number of carbonyl (C=O) groups excluding carboxylic acids is 1. The van der Waals surface area contributed by atoms with Crippen LogP contribution >= 0.6 is 23.1 Å². The van der Waals surface area contributed by atoms with Crippen LogP contribution < -0.4 is 10.9 Å². The summed E-state index contributed by atoms with van der Waals surface area (Å²) >= 11 is 2.75. The second-order valence-electron chi connectivity index (χ2n) is 4.43. The van der Waals surface area contributed by atoms with Gasteiger partial charge in [-0.1, -0.05) is 17.8 Å². The van der Waals surface area contributed by atoms with Gasteiger partial charge in [-0.3, -0.25) is 9.59 Å². The number of amides is 1. The first kappa shape index (κ1) is 14.6. The first-order valence-electron chi connectivity index (χ1n) is 6.36. The van der Waals surface area contributed by atoms with Crippen LogP contribution in [0.15, 0.2) is 38.4 Å². The molecule has 0 aliphatic carbocycles. The first-order chi connectivity index (χ1) is 10.7. The molecule has 0 unspecified atom stereocenters. The average Bonchev–Trinajstić information content (AvgIpc) is 3.16. The topological polar surface area (TPSA) is 98.1 Å². The lowest BCUT2D eigenvalue weighted by Crippen LogP contribution is -2.21. The summed E-state index contributed by atoms with van der Waals surface area (Å²) in [6.07, 6.45) is 0. The summed E-state index contributed by atoms with van der Waals surface area (Å²) in [7, 11) is 0. The molecule has 22 heavy (non-hydrogen) atoms. The number of nitrogens with one attached hydrogen (secondary N) is 2. The lowest BCUT2D eigenvalue weighted by atomic mass is 10.1. The molecule has 0 bridgehead atoms. The highest BCUT2D eigenvalue weighted by Crippen LogP contribution is 2.31. The molecule has 2 aromatic heterocycles. The SMILES string of the molecule is N#Cc1c(-c2cccs2)cc(=O)[nH]c1SCC1=NC(=O)CN1. The van der Waals surface area contributed by atoms with Crippen molar-refractivity contribution in [2.24, 2.45) is 4.99 Å². The van der Waals surface area contributed by atoms with Gasteiger partial charge in [-0.25, -0.2) is 0 Å². The third-order valence-electron chi connectivity index (χ3n) is 2.96. The number of nitrogens with zero attached hydrogens (tertiary/aromatic N) is 2. The van der Waals surface area contributed by atoms with Crippen LogP contribution in [0.25, 0.3) is 10.4 Å². The number of pyridine rings is 1. The van der Waals surface area contributed by atoms with E-state index in [9.17, 15) is 14.9 Å². The number of thiophene rings is 1. The third-order valence-corrected chi connectivity index (χ3v) is 4.88. The predicted molar refractivity (Wildman–Crippen MR) is 86.3 cm³/mol. The number of H-pyrrole nitrogens is 1. The van der Waals surface area contributed by atoms with Crippen LogP contribution in [0, 0.1) is 11.3 Å². The van der Waals surface area contributed by atoms with Crippen molar-refractivity contribution in [2.75, 3.05) is 12.3 Å². The van der Waals surface area contributed by atoms with E-state index in [1.165, 1.54) is 29.2 Å². The van der Waals surface area contributed by atoms with Gasteiger partial charge in [0.25, 0.3) is 5.91 Å². The standard InChI is InChI=1S/C14H10N4O2S2/c15-5-9-8(10-2-1-3-21-10)4-12(19)18-14(9)22-7-11-16-6-13(20)17-11/h1-4H,6-7H2,(H,18,19)(H,16,17,20). The zero-order chi connectivity index (χ0) is 15.5. The van der Waals surface area contributed by atoms with E-state index in [1.807, 2.05) is 17.5 Å². The van der Waals surface area contributed by atoms with Crippen molar-refractivity contribution in [3.05, 3.63) is 39.5 Å². The van der Waals surface area contributed by atoms with Crippen molar-refractivity contribution < 1.29 is 4.79 Å². The Morgan fingerprint density at radius 1 is 1.45 bits per heavy atom. The molecule has 0 saturated carbocycles. The number of nitriles is 1. The van der Waals surface area contributed by atoms with E-state index < -0.39 is 0 Å². The van der Waals surface area contributed by atoms with Gasteiger partial charge >= 0.3 is 0 Å². The molecule has 0 spiro atoms. The summed E-state index contributed by atoms with van der Waals surface area (Å²) in [5.74, 6) is 0.739. The molecule has 1 aliphatic rings. The van der Waals surface area contributed by atoms with E-state index in [4.69, 9.17) is 0 Å². The second kappa shape index (κ2) is 6.17. The molecule has 3 heterocycles. The van der Waals surface area contributed by atoms with Crippen LogP contribution in [0.3, 0.4) is 0 Å². The van der Waals surface area contributed by atoms with Gasteiger partial charge in [0.1, 0.15) is 11.9 Å². The summed E-state index contributed by atoms with van der Waals surface area (Å²) in [5, 5.41) is 14.7. The highest BCUT2D eigenvalue weighted by molar-refractivity contribution is 8.00. The molecule has 1 aliphatic heterocycles. The minimum atomic E-state index is -0.262. The van der Waals surface area contributed by atoms with Gasteiger partial charge in [0.15, 0.2) is 0 Å². The van der Waals surface area contributed by atoms with Gasteiger partial charge in [0, 0.05) is 16.5 Å². The maximum absolute atomic E-state index is 11.8. The molecule has 8 heteroatoms. The van der Waals surface area contributed by atoms with Crippen molar-refractivity contribution in [1.82, 2.24) is 10.3 Å². The molecular weight excluding hydrogens is 320 g/mol. The van der Waals surface area contributed by atoms with Gasteiger partial charge in [-0.2, -0.15) is 10.3 Å². The quantitative estimate of drug-likeness (QED) is 0.830. The molecule has 0 atom stereocenters. The highest BCUT2D eigenvalue weighted by atomic mass is 32.2. The van der Waals surface area contributed by atoms with E-state index in [-0.39, 0.29) is 18.0 Å². The fraction of sp³-hybridized carbons (Fsp3) is 0.143. The average molecular weight is 330 g/mol. The van der Waals surface area contributed by atoms with Crippen molar-refractivity contribution in [3.63, 3.8) is 0 Å². The van der Waals surface area contributed by atoms with Crippen LogP contribution in [0.4, 0.5) is 0 Å². The van der Waals surface area contributed by atoms with Crippen LogP contribution in [0.5, 0.6) is 0 Å². The Kier molecular flexibility index (Phi) is 4.09. The number of rotatable bonds is 4. The lowest BCUT2D eigenvalue weighted by molar-refractivity contribution is -0.116. The summed E-state index contributed by atoms with van der Waals surface area (Å²) in [4.78, 5) is 30.3. The Morgan fingerprint density at radius 2 is 2.32 bits per heavy atom. The van der Waals surface area contributed by atoms with Crippen LogP contribution in [0.2, 0.25) is 0 Å². The maximum Gasteiger partial charge on any atom is 0.266 e. The number of thioether (sulfide) groups is 1. The number of hydrogen-bond donors (Lipinski definition) is 2. The number of aromatic nitrogens is 1. The molecular formula is C14H10N4O2S2. The van der Waals surface area contributed by atoms with Crippen molar-refractivity contribution in [3.8, 4) is 16.5 Å². The number of aliphatic imine (C=N–C) groups is 1. The number of aromatic amines is 1. The Labute approximate surface area is 133 Å². The zero-order valence-electron chi connectivity index (χ0n) is 11.3. The summed E-state index contributed by atoms with van der Waals surface area (Å²) in [6, 6.07) is 7.33. The Bertz CT molecular complexity index is 847. The molecule has 0 fully saturated rings. The Hall–Kier alpha value is -2.37. The number of amidine groups is 1. The summed E-state index contributed by atoms with van der Waals surface area (Å²) < 4.78 is 0. The van der Waals surface area contributed by atoms with Gasteiger partial charge in [0.2, 0.25) is 5.56 Å². The van der Waals surface area contributed by atoms with Crippen molar-refractivity contribution in [1.29, 1.82) is 5.26 Å². The monoisotopic (exact) mass is 330 g/mol. The van der Waals surface area contributed by atoms with E-state index in [1.54, 1.807) is 0 Å². The predicted octanol–water partition coefficient (Wildman–Crippen LogP) is 1.60. The van der Waals surface area contributed by atoms with Gasteiger partial charge < -0.3 is 10.3 Å². The third kappa shape index (κ3) is 2.95. The molecule has 0 radical (unpaired) electrons. The molecule has 1 amide bonds. The highest BCUT2D eigenvalue weighted by Gasteiger charge is 2.17. The summed E-state index contributed by atoms with van der Waals surface area (Å²) in [5.41, 5.74) is 0.792. The lowest BCUT2D eigenvalue weighted by Gasteiger charge is -2.07. The van der Waals surface area contributed by atoms with Gasteiger partial charge in [-0.05, 0) is 11.4 Å². The maximum atomic E-state index is 11.8. The molecule has 2 N–H and O–H groups in total. The fourth-order valence-electron chi connectivity index (χ4n) is 2.01. The van der Waals surface area contributed by atoms with Gasteiger partial charge in [-0.15, -0.1) is 11.3 Å². The number of carbonyl (C=O) groups is 1. The minimum absolute atomic E-state index is 0.201. The van der Waals surface area contributed by atoms with E-state index >= 15 is 0 Å². The molecule has 2 aromatic rings. The van der Waals surface area contributed by atoms with Crippen LogP contribution in [0.1, 0.15) is 5.56 Å². The largest absolute Gasteiger partial charge is 0.364 e. The normalized spacial score (nSPS) is 13.6. The Balaban J connectivity index is 1.94. The second-order valence-corrected chi connectivity index (χ2v) is 6.37. The minimum Gasteiger partial charge on any atom is -0.364 e. The molecule has 6 nitrogen and oxygen atoms in total. The van der Waals surface area contributed by atoms with E-state index in [2.05, 4.69) is 21.4 Å². The molecule has 3 rings (SSSR count). The van der Waals surface area contributed by atoms with Gasteiger partial charge in [0.05, 0.1) is 22.9 Å². The van der Waals surface area contributed by atoms with Crippen molar-refractivity contribution >= 4 is 34.8 Å². The molecule has 0 saturated heterocycles.